The van der Waals surface area contributed by atoms with E-state index in [1.165, 1.54) is 12.6 Å². The maximum absolute atomic E-state index is 4.56. The Labute approximate surface area is 40.1 Å². The second-order valence-corrected chi connectivity index (χ2v) is 1.14. The molecule has 0 fully saturated rings. The van der Waals surface area contributed by atoms with Gasteiger partial charge in [-0.3, -0.25) is 0 Å². The van der Waals surface area contributed by atoms with Crippen molar-refractivity contribution in [2.24, 2.45) is 4.99 Å². The first-order valence-electron chi connectivity index (χ1n) is 1.57. The predicted octanol–water partition coefficient (Wildman–Crippen LogP) is -0.545. The van der Waals surface area contributed by atoms with E-state index in [2.05, 4.69) is 16.0 Å². The molecule has 2 nitrogen and oxygen atoms in total. The highest BCUT2D eigenvalue weighted by molar-refractivity contribution is 6.02. The molecule has 0 radical (unpaired) electrons. The van der Waals surface area contributed by atoms with Crippen LogP contribution in [0.4, 0.5) is 0 Å². The molecule has 3 heteroatoms. The Kier molecular flexibility index (Phi) is 4.00. The van der Waals surface area contributed by atoms with Crippen LogP contribution >= 0.6 is 0 Å². The van der Waals surface area contributed by atoms with E-state index in [-0.39, 0.29) is 0 Å². The van der Waals surface area contributed by atoms with Crippen molar-refractivity contribution in [3.8, 4) is 0 Å². The van der Waals surface area contributed by atoms with Gasteiger partial charge in [-0.1, -0.05) is 6.58 Å². The van der Waals surface area contributed by atoms with Crippen molar-refractivity contribution in [3.05, 3.63) is 12.8 Å². The summed E-state index contributed by atoms with van der Waals surface area (Å²) in [7, 11) is 0.706. The first kappa shape index (κ1) is 5.43. The minimum absolute atomic E-state index is 0.706. The van der Waals surface area contributed by atoms with Crippen molar-refractivity contribution >= 4 is 16.9 Å². The summed E-state index contributed by atoms with van der Waals surface area (Å²) in [5.74, 6) is 0. The van der Waals surface area contributed by atoms with Gasteiger partial charge in [-0.05, 0) is 0 Å². The summed E-state index contributed by atoms with van der Waals surface area (Å²) in [6, 6.07) is 0. The molecular weight excluding hydrogens is 94.1 g/mol. The first-order chi connectivity index (χ1) is 2.91. The number of aliphatic imine (C=N–C) groups is 1. The van der Waals surface area contributed by atoms with Crippen LogP contribution in [0.2, 0.25) is 0 Å². The molecule has 0 aromatic heterocycles. The van der Waals surface area contributed by atoms with Gasteiger partial charge in [-0.2, -0.15) is 0 Å². The van der Waals surface area contributed by atoms with Crippen LogP contribution in [0.5, 0.6) is 0 Å². The highest BCUT2D eigenvalue weighted by Gasteiger charge is 1.51. The first-order valence-corrected chi connectivity index (χ1v) is 2.39. The van der Waals surface area contributed by atoms with E-state index >= 15 is 0 Å². The highest BCUT2D eigenvalue weighted by atomic mass is 28.2. The number of rotatable bonds is 2. The fraction of sp³-hybridized carbons (Fsp3) is 0. The summed E-state index contributed by atoms with van der Waals surface area (Å²) < 4.78 is 4.56. The van der Waals surface area contributed by atoms with Crippen LogP contribution in [0, 0.1) is 0 Å². The van der Waals surface area contributed by atoms with Crippen LogP contribution in [0.3, 0.4) is 0 Å². The molecule has 0 saturated heterocycles. The van der Waals surface area contributed by atoms with E-state index in [1.54, 1.807) is 0 Å². The van der Waals surface area contributed by atoms with Gasteiger partial charge in [0.05, 0.1) is 0 Å². The molecule has 0 bridgehead atoms. The van der Waals surface area contributed by atoms with Gasteiger partial charge in [-0.15, -0.1) is 0 Å². The zero-order valence-corrected chi connectivity index (χ0v) is 5.72. The number of hydrogen-bond donors (Lipinski definition) is 0. The SMILES string of the molecule is C=CN=CO[SiH3]. The Morgan fingerprint density at radius 3 is 2.67 bits per heavy atom. The maximum Gasteiger partial charge on any atom is 0.205 e. The van der Waals surface area contributed by atoms with Gasteiger partial charge in [0, 0.05) is 6.20 Å². The monoisotopic (exact) mass is 101 g/mol. The largest absolute Gasteiger partial charge is 0.545 e. The lowest BCUT2D eigenvalue weighted by Gasteiger charge is -1.78. The molecule has 0 rings (SSSR count). The van der Waals surface area contributed by atoms with Crippen molar-refractivity contribution in [3.63, 3.8) is 0 Å². The van der Waals surface area contributed by atoms with E-state index in [0.717, 1.165) is 0 Å². The summed E-state index contributed by atoms with van der Waals surface area (Å²) in [6.45, 7) is 3.34. The van der Waals surface area contributed by atoms with Gasteiger partial charge < -0.3 is 4.43 Å². The Morgan fingerprint density at radius 2 is 2.50 bits per heavy atom. The lowest BCUT2D eigenvalue weighted by molar-refractivity contribution is 0.641. The average Bonchev–Trinajstić information content (AvgIpc) is 1.61. The third-order valence-electron chi connectivity index (χ3n) is 0.272. The summed E-state index contributed by atoms with van der Waals surface area (Å²) >= 11 is 0. The smallest absolute Gasteiger partial charge is 0.205 e. The van der Waals surface area contributed by atoms with Gasteiger partial charge in [-0.25, -0.2) is 4.99 Å². The van der Waals surface area contributed by atoms with Gasteiger partial charge in [0.2, 0.25) is 10.5 Å². The quantitative estimate of drug-likeness (QED) is 0.260. The minimum Gasteiger partial charge on any atom is -0.545 e. The Balaban J connectivity index is 2.94. The topological polar surface area (TPSA) is 21.6 Å². The van der Waals surface area contributed by atoms with E-state index in [4.69, 9.17) is 0 Å². The Morgan fingerprint density at radius 1 is 1.83 bits per heavy atom. The number of nitrogens with zero attached hydrogens (tertiary/aromatic N) is 1. The highest BCUT2D eigenvalue weighted by Crippen LogP contribution is 1.60. The van der Waals surface area contributed by atoms with Crippen molar-refractivity contribution in [2.45, 2.75) is 0 Å². The second kappa shape index (κ2) is 4.43. The molecule has 0 aliphatic rings. The number of hydrogen-bond acceptors (Lipinski definition) is 2. The summed E-state index contributed by atoms with van der Waals surface area (Å²) in [5, 5.41) is 0. The zero-order chi connectivity index (χ0) is 4.83. The van der Waals surface area contributed by atoms with E-state index in [9.17, 15) is 0 Å². The molecule has 0 aliphatic heterocycles. The summed E-state index contributed by atoms with van der Waals surface area (Å²) in [4.78, 5) is 3.54. The van der Waals surface area contributed by atoms with Crippen LogP contribution in [0.25, 0.3) is 0 Å². The predicted molar refractivity (Wildman–Crippen MR) is 29.7 cm³/mol. The lowest BCUT2D eigenvalue weighted by Crippen LogP contribution is -1.74. The van der Waals surface area contributed by atoms with Crippen LogP contribution in [0.15, 0.2) is 17.8 Å². The zero-order valence-electron chi connectivity index (χ0n) is 3.72. The average molecular weight is 101 g/mol. The molecule has 0 aliphatic carbocycles. The molecule has 34 valence electrons. The van der Waals surface area contributed by atoms with Gasteiger partial charge in [0.1, 0.15) is 0 Å². The molecule has 0 spiro atoms. The van der Waals surface area contributed by atoms with Crippen LogP contribution in [0.1, 0.15) is 0 Å². The minimum atomic E-state index is 0.706. The van der Waals surface area contributed by atoms with E-state index < -0.39 is 0 Å². The van der Waals surface area contributed by atoms with Crippen molar-refractivity contribution in [2.75, 3.05) is 0 Å². The molecule has 0 aromatic rings. The normalized spacial score (nSPS) is 9.33. The molecule has 0 N–H and O–H groups in total. The van der Waals surface area contributed by atoms with Crippen molar-refractivity contribution in [1.82, 2.24) is 0 Å². The van der Waals surface area contributed by atoms with Crippen molar-refractivity contribution in [1.29, 1.82) is 0 Å². The molecular formula is C3H7NOSi. The maximum atomic E-state index is 4.56. The van der Waals surface area contributed by atoms with Crippen LogP contribution in [-0.2, 0) is 4.43 Å². The van der Waals surface area contributed by atoms with E-state index in [1.807, 2.05) is 0 Å². The van der Waals surface area contributed by atoms with E-state index in [0.29, 0.717) is 10.5 Å². The third-order valence-corrected chi connectivity index (χ3v) is 0.482. The Bertz CT molecular complexity index is 61.8. The summed E-state index contributed by atoms with van der Waals surface area (Å²) in [5.41, 5.74) is 0. The Hall–Kier alpha value is -0.573. The molecule has 0 atom stereocenters. The van der Waals surface area contributed by atoms with Gasteiger partial charge in [0.25, 0.3) is 0 Å². The van der Waals surface area contributed by atoms with Crippen molar-refractivity contribution < 1.29 is 4.43 Å². The molecule has 0 aromatic carbocycles. The van der Waals surface area contributed by atoms with Crippen LogP contribution < -0.4 is 0 Å². The van der Waals surface area contributed by atoms with Crippen LogP contribution in [-0.4, -0.2) is 16.9 Å². The third kappa shape index (κ3) is 3.43. The molecule has 0 unspecified atom stereocenters. The fourth-order valence-corrected chi connectivity index (χ4v) is 0.226. The summed E-state index contributed by atoms with van der Waals surface area (Å²) in [6.07, 6.45) is 2.80. The molecule has 6 heavy (non-hydrogen) atoms. The second-order valence-electron chi connectivity index (χ2n) is 0.673. The lowest BCUT2D eigenvalue weighted by atomic mass is 11.1. The van der Waals surface area contributed by atoms with Gasteiger partial charge >= 0.3 is 0 Å². The molecule has 0 heterocycles. The standard InChI is InChI=1S/C3H7NOSi/c1-2-4-3-5-6/h2-3H,1H2,6H3. The van der Waals surface area contributed by atoms with Gasteiger partial charge in [0.15, 0.2) is 6.40 Å². The fourth-order valence-electron chi connectivity index (χ4n) is 0.104. The molecule has 0 amide bonds. The molecule has 0 saturated carbocycles.